The summed E-state index contributed by atoms with van der Waals surface area (Å²) in [6.45, 7) is 4.18. The Labute approximate surface area is 127 Å². The van der Waals surface area contributed by atoms with E-state index >= 15 is 0 Å². The van der Waals surface area contributed by atoms with Crippen LogP contribution in [-0.4, -0.2) is 20.1 Å². The van der Waals surface area contributed by atoms with E-state index in [1.54, 1.807) is 18.5 Å². The minimum Gasteiger partial charge on any atom is -0.248 e. The van der Waals surface area contributed by atoms with E-state index in [2.05, 4.69) is 39.9 Å². The standard InChI is InChI=1S/C15H19BrFN3/c1-11(2)20-15(18-10-19-20)8-13(9-16)6-12-4-3-5-14(17)7-12/h3-5,7,10-11,13H,6,8-9H2,1-2H3. The number of rotatable bonds is 6. The van der Waals surface area contributed by atoms with Crippen molar-refractivity contribution in [2.45, 2.75) is 32.7 Å². The van der Waals surface area contributed by atoms with Crippen LogP contribution in [0.4, 0.5) is 4.39 Å². The molecule has 108 valence electrons. The minimum absolute atomic E-state index is 0.179. The molecule has 3 nitrogen and oxygen atoms in total. The second-order valence-corrected chi connectivity index (χ2v) is 5.92. The van der Waals surface area contributed by atoms with Gasteiger partial charge in [-0.1, -0.05) is 28.1 Å². The molecule has 1 aromatic carbocycles. The monoisotopic (exact) mass is 339 g/mol. The van der Waals surface area contributed by atoms with Crippen LogP contribution in [0.2, 0.25) is 0 Å². The largest absolute Gasteiger partial charge is 0.248 e. The maximum Gasteiger partial charge on any atom is 0.138 e. The fraction of sp³-hybridized carbons (Fsp3) is 0.467. The molecule has 20 heavy (non-hydrogen) atoms. The number of hydrogen-bond acceptors (Lipinski definition) is 2. The lowest BCUT2D eigenvalue weighted by Gasteiger charge is -2.16. The van der Waals surface area contributed by atoms with Gasteiger partial charge in [-0.05, 0) is 43.9 Å². The molecule has 1 unspecified atom stereocenters. The van der Waals surface area contributed by atoms with Crippen LogP contribution in [0.1, 0.15) is 31.3 Å². The average molecular weight is 340 g/mol. The third-order valence-electron chi connectivity index (χ3n) is 3.24. The highest BCUT2D eigenvalue weighted by atomic mass is 79.9. The number of halogens is 2. The zero-order valence-electron chi connectivity index (χ0n) is 11.8. The van der Waals surface area contributed by atoms with Gasteiger partial charge in [0, 0.05) is 17.8 Å². The van der Waals surface area contributed by atoms with E-state index in [0.29, 0.717) is 12.0 Å². The smallest absolute Gasteiger partial charge is 0.138 e. The van der Waals surface area contributed by atoms with Crippen molar-refractivity contribution in [3.05, 3.63) is 47.8 Å². The van der Waals surface area contributed by atoms with Crippen molar-refractivity contribution < 1.29 is 4.39 Å². The van der Waals surface area contributed by atoms with E-state index in [0.717, 1.165) is 29.6 Å². The molecule has 0 spiro atoms. The molecule has 0 aliphatic carbocycles. The normalized spacial score (nSPS) is 12.8. The lowest BCUT2D eigenvalue weighted by Crippen LogP contribution is -2.16. The predicted molar refractivity (Wildman–Crippen MR) is 81.5 cm³/mol. The summed E-state index contributed by atoms with van der Waals surface area (Å²) < 4.78 is 15.2. The molecule has 0 saturated carbocycles. The number of hydrogen-bond donors (Lipinski definition) is 0. The molecular weight excluding hydrogens is 321 g/mol. The Bertz CT molecular complexity index is 554. The molecule has 5 heteroatoms. The van der Waals surface area contributed by atoms with Crippen LogP contribution in [0.25, 0.3) is 0 Å². The Kier molecular flexibility index (Phi) is 5.29. The molecule has 2 rings (SSSR count). The molecule has 0 aliphatic heterocycles. The van der Waals surface area contributed by atoms with E-state index in [1.807, 2.05) is 10.7 Å². The van der Waals surface area contributed by atoms with E-state index < -0.39 is 0 Å². The molecule has 0 fully saturated rings. The van der Waals surface area contributed by atoms with Gasteiger partial charge in [0.2, 0.25) is 0 Å². The summed E-state index contributed by atoms with van der Waals surface area (Å²) in [5.74, 6) is 1.18. The fourth-order valence-corrected chi connectivity index (χ4v) is 2.75. The first kappa shape index (κ1) is 15.2. The summed E-state index contributed by atoms with van der Waals surface area (Å²) >= 11 is 3.55. The Balaban J connectivity index is 2.07. The highest BCUT2D eigenvalue weighted by Crippen LogP contribution is 2.18. The van der Waals surface area contributed by atoms with Crippen molar-refractivity contribution in [2.24, 2.45) is 5.92 Å². The van der Waals surface area contributed by atoms with Crippen LogP contribution >= 0.6 is 15.9 Å². The number of nitrogens with zero attached hydrogens (tertiary/aromatic N) is 3. The Morgan fingerprint density at radius 2 is 2.10 bits per heavy atom. The van der Waals surface area contributed by atoms with Gasteiger partial charge < -0.3 is 0 Å². The fourth-order valence-electron chi connectivity index (χ4n) is 2.29. The topological polar surface area (TPSA) is 30.7 Å². The molecule has 0 bridgehead atoms. The minimum atomic E-state index is -0.179. The summed E-state index contributed by atoms with van der Waals surface area (Å²) in [5.41, 5.74) is 1.02. The number of aromatic nitrogens is 3. The van der Waals surface area contributed by atoms with Gasteiger partial charge >= 0.3 is 0 Å². The van der Waals surface area contributed by atoms with Crippen LogP contribution in [0.15, 0.2) is 30.6 Å². The molecule has 2 aromatic rings. The summed E-state index contributed by atoms with van der Waals surface area (Å²) in [6.07, 6.45) is 3.26. The van der Waals surface area contributed by atoms with Crippen LogP contribution < -0.4 is 0 Å². The van der Waals surface area contributed by atoms with E-state index in [9.17, 15) is 4.39 Å². The number of benzene rings is 1. The van der Waals surface area contributed by atoms with Gasteiger partial charge in [-0.15, -0.1) is 0 Å². The van der Waals surface area contributed by atoms with E-state index in [-0.39, 0.29) is 5.82 Å². The van der Waals surface area contributed by atoms with Crippen molar-refractivity contribution in [3.63, 3.8) is 0 Å². The summed E-state index contributed by atoms with van der Waals surface area (Å²) in [7, 11) is 0. The van der Waals surface area contributed by atoms with Gasteiger partial charge in [-0.3, -0.25) is 0 Å². The maximum absolute atomic E-state index is 13.2. The second kappa shape index (κ2) is 6.97. The molecule has 0 aliphatic rings. The Hall–Kier alpha value is -1.23. The van der Waals surface area contributed by atoms with Gasteiger partial charge in [-0.2, -0.15) is 5.10 Å². The van der Waals surface area contributed by atoms with Crippen molar-refractivity contribution in [1.29, 1.82) is 0 Å². The summed E-state index contributed by atoms with van der Waals surface area (Å²) in [6, 6.07) is 7.10. The number of alkyl halides is 1. The van der Waals surface area contributed by atoms with Gasteiger partial charge in [0.1, 0.15) is 18.0 Å². The molecule has 1 aromatic heterocycles. The van der Waals surface area contributed by atoms with Crippen LogP contribution in [0.3, 0.4) is 0 Å². The van der Waals surface area contributed by atoms with Crippen molar-refractivity contribution >= 4 is 15.9 Å². The first-order chi connectivity index (χ1) is 9.60. The second-order valence-electron chi connectivity index (χ2n) is 5.27. The molecule has 1 heterocycles. The average Bonchev–Trinajstić information content (AvgIpc) is 2.86. The molecule has 0 radical (unpaired) electrons. The zero-order valence-corrected chi connectivity index (χ0v) is 13.3. The summed E-state index contributed by atoms with van der Waals surface area (Å²) in [5, 5.41) is 5.11. The first-order valence-electron chi connectivity index (χ1n) is 6.79. The molecule has 0 N–H and O–H groups in total. The van der Waals surface area contributed by atoms with E-state index in [4.69, 9.17) is 0 Å². The van der Waals surface area contributed by atoms with Gasteiger partial charge in [-0.25, -0.2) is 14.1 Å². The molecule has 1 atom stereocenters. The highest BCUT2D eigenvalue weighted by molar-refractivity contribution is 9.09. The van der Waals surface area contributed by atoms with Gasteiger partial charge in [0.25, 0.3) is 0 Å². The van der Waals surface area contributed by atoms with E-state index in [1.165, 1.54) is 6.07 Å². The lowest BCUT2D eigenvalue weighted by atomic mass is 9.97. The summed E-state index contributed by atoms with van der Waals surface area (Å²) in [4.78, 5) is 4.34. The zero-order chi connectivity index (χ0) is 14.5. The molecule has 0 saturated heterocycles. The van der Waals surface area contributed by atoms with Gasteiger partial charge in [0.05, 0.1) is 0 Å². The van der Waals surface area contributed by atoms with Crippen molar-refractivity contribution in [2.75, 3.05) is 5.33 Å². The quantitative estimate of drug-likeness (QED) is 0.749. The third-order valence-corrected chi connectivity index (χ3v) is 4.15. The van der Waals surface area contributed by atoms with Gasteiger partial charge in [0.15, 0.2) is 0 Å². The predicted octanol–water partition coefficient (Wildman–Crippen LogP) is 3.79. The highest BCUT2D eigenvalue weighted by Gasteiger charge is 2.15. The van der Waals surface area contributed by atoms with Crippen LogP contribution in [-0.2, 0) is 12.8 Å². The van der Waals surface area contributed by atoms with Crippen LogP contribution in [0, 0.1) is 11.7 Å². The Morgan fingerprint density at radius 3 is 2.75 bits per heavy atom. The SMILES string of the molecule is CC(C)n1ncnc1CC(CBr)Cc1cccc(F)c1. The van der Waals surface area contributed by atoms with Crippen molar-refractivity contribution in [1.82, 2.24) is 14.8 Å². The molecule has 0 amide bonds. The van der Waals surface area contributed by atoms with Crippen LogP contribution in [0.5, 0.6) is 0 Å². The molecular formula is C15H19BrFN3. The first-order valence-corrected chi connectivity index (χ1v) is 7.91. The lowest BCUT2D eigenvalue weighted by molar-refractivity contribution is 0.473. The third kappa shape index (κ3) is 3.88. The van der Waals surface area contributed by atoms with Crippen molar-refractivity contribution in [3.8, 4) is 0 Å². The maximum atomic E-state index is 13.2. The Morgan fingerprint density at radius 1 is 1.30 bits per heavy atom.